The van der Waals surface area contributed by atoms with Gasteiger partial charge in [0.1, 0.15) is 17.3 Å². The Bertz CT molecular complexity index is 2080. The number of hydrogen-bond donors (Lipinski definition) is 2. The van der Waals surface area contributed by atoms with Gasteiger partial charge in [-0.15, -0.1) is 0 Å². The summed E-state index contributed by atoms with van der Waals surface area (Å²) in [5.41, 5.74) is 2.61. The number of carbonyl (C=O) groups is 2. The summed E-state index contributed by atoms with van der Waals surface area (Å²) < 4.78 is 22.7. The van der Waals surface area contributed by atoms with Crippen molar-refractivity contribution in [1.82, 2.24) is 9.80 Å². The van der Waals surface area contributed by atoms with E-state index >= 15 is 0 Å². The number of phenolic OH excluding ortho intramolecular Hbond substituents is 1. The second-order valence-electron chi connectivity index (χ2n) is 19.8. The number of aliphatic hydroxyl groups is 1. The summed E-state index contributed by atoms with van der Waals surface area (Å²) in [6, 6.07) is 25.1. The van der Waals surface area contributed by atoms with E-state index in [0.29, 0.717) is 36.1 Å². The molecule has 4 aliphatic rings. The number of nitrogens with zero attached hydrogens (tertiary/aromatic N) is 2. The molecule has 4 fully saturated rings. The molecule has 0 bridgehead atoms. The molecule has 8 rings (SSSR count). The zero-order valence-electron chi connectivity index (χ0n) is 41.3. The Kier molecular flexibility index (Phi) is 21.7. The first-order valence-electron chi connectivity index (χ1n) is 25.9. The summed E-state index contributed by atoms with van der Waals surface area (Å²) in [5.74, 6) is 3.33. The summed E-state index contributed by atoms with van der Waals surface area (Å²) in [7, 11) is 0. The predicted molar refractivity (Wildman–Crippen MR) is 269 cm³/mol. The molecule has 0 unspecified atom stereocenters. The van der Waals surface area contributed by atoms with E-state index < -0.39 is 0 Å². The maximum atomic E-state index is 11.8. The van der Waals surface area contributed by atoms with Gasteiger partial charge in [-0.3, -0.25) is 19.4 Å². The molecular formula is C57H82N2O8. The molecule has 4 aromatic rings. The standard InChI is InChI=1S/C28H39NO3.C19H23NO3.C10H20O2/c1-3-16-31-20-22-5-9-27(10-6-22)32-28-11-8-25-17-23(4-7-26(25)18-28)19-29-14-12-24(13-15-29)21(2)30;1-2-23-19(22)15-7-9-20(10-8-15)13-14-3-4-17-12-18(21)6-5-16(17)11-14;1-2-7-12-8-9-3-5-10(11)6-4-9/h4,7-8,11,17-18,22,24,27H,3,5-6,9-10,12-16,19-20H2,1-2H3;3-6,11-12,15,21H,2,7-10,13H2,1H3;9-11H,2-8H2,1H3. The summed E-state index contributed by atoms with van der Waals surface area (Å²) in [6.45, 7) is 17.7. The number of benzene rings is 4. The first-order chi connectivity index (χ1) is 32.6. The quantitative estimate of drug-likeness (QED) is 0.0783. The van der Waals surface area contributed by atoms with Crippen LogP contribution in [0.4, 0.5) is 0 Å². The highest BCUT2D eigenvalue weighted by atomic mass is 16.5. The van der Waals surface area contributed by atoms with Crippen LogP contribution in [-0.2, 0) is 36.9 Å². The Morgan fingerprint density at radius 2 is 1.06 bits per heavy atom. The van der Waals surface area contributed by atoms with Gasteiger partial charge in [0, 0.05) is 45.4 Å². The summed E-state index contributed by atoms with van der Waals surface area (Å²) in [5, 5.41) is 23.5. The Labute approximate surface area is 401 Å². The van der Waals surface area contributed by atoms with Gasteiger partial charge >= 0.3 is 5.97 Å². The Morgan fingerprint density at radius 1 is 0.582 bits per heavy atom. The average molecular weight is 923 g/mol. The van der Waals surface area contributed by atoms with Crippen LogP contribution in [0.15, 0.2) is 72.8 Å². The van der Waals surface area contributed by atoms with Crippen molar-refractivity contribution in [2.45, 2.75) is 143 Å². The topological polar surface area (TPSA) is 118 Å². The summed E-state index contributed by atoms with van der Waals surface area (Å²) >= 11 is 0. The highest BCUT2D eigenvalue weighted by Gasteiger charge is 2.27. The van der Waals surface area contributed by atoms with Crippen molar-refractivity contribution < 1.29 is 38.7 Å². The maximum absolute atomic E-state index is 11.8. The molecule has 2 aliphatic carbocycles. The number of piperidine rings is 2. The molecule has 2 saturated heterocycles. The van der Waals surface area contributed by atoms with E-state index in [0.717, 1.165) is 159 Å². The zero-order chi connectivity index (χ0) is 47.4. The van der Waals surface area contributed by atoms with Crippen molar-refractivity contribution >= 4 is 33.3 Å². The molecule has 2 saturated carbocycles. The van der Waals surface area contributed by atoms with Crippen molar-refractivity contribution in [1.29, 1.82) is 0 Å². The molecule has 0 spiro atoms. The second-order valence-corrected chi connectivity index (χ2v) is 19.8. The number of esters is 1. The van der Waals surface area contributed by atoms with E-state index in [2.05, 4.69) is 78.2 Å². The second kappa shape index (κ2) is 27.8. The highest BCUT2D eigenvalue weighted by Crippen LogP contribution is 2.31. The number of phenols is 1. The van der Waals surface area contributed by atoms with Gasteiger partial charge in [0.15, 0.2) is 0 Å². The predicted octanol–water partition coefficient (Wildman–Crippen LogP) is 11.3. The Morgan fingerprint density at radius 3 is 1.58 bits per heavy atom. The minimum absolute atomic E-state index is 0.0348. The smallest absolute Gasteiger partial charge is 0.309 e. The lowest BCUT2D eigenvalue weighted by molar-refractivity contribution is -0.149. The molecule has 10 heteroatoms. The van der Waals surface area contributed by atoms with Crippen molar-refractivity contribution in [3.8, 4) is 11.5 Å². The first-order valence-corrected chi connectivity index (χ1v) is 25.9. The van der Waals surface area contributed by atoms with Gasteiger partial charge in [-0.2, -0.15) is 0 Å². The van der Waals surface area contributed by atoms with Crippen LogP contribution in [0, 0.1) is 23.7 Å². The van der Waals surface area contributed by atoms with Crippen LogP contribution in [0.1, 0.15) is 129 Å². The zero-order valence-corrected chi connectivity index (χ0v) is 41.3. The number of Topliss-reactive ketones (excluding diaryl/α,β-unsaturated/α-hetero) is 1. The molecule has 0 amide bonds. The third-order valence-corrected chi connectivity index (χ3v) is 14.3. The third kappa shape index (κ3) is 17.4. The van der Waals surface area contributed by atoms with Crippen LogP contribution in [0.25, 0.3) is 21.5 Å². The van der Waals surface area contributed by atoms with E-state index in [4.69, 9.17) is 18.9 Å². The van der Waals surface area contributed by atoms with E-state index in [1.807, 2.05) is 13.0 Å². The number of fused-ring (bicyclic) bond motifs is 2. The van der Waals surface area contributed by atoms with Crippen LogP contribution < -0.4 is 4.74 Å². The molecular weight excluding hydrogens is 841 g/mol. The van der Waals surface area contributed by atoms with E-state index in [-0.39, 0.29) is 23.9 Å². The fourth-order valence-corrected chi connectivity index (χ4v) is 10.1. The molecule has 10 nitrogen and oxygen atoms in total. The average Bonchev–Trinajstić information content (AvgIpc) is 3.34. The number of aromatic hydroxyl groups is 1. The van der Waals surface area contributed by atoms with E-state index in [9.17, 15) is 19.8 Å². The molecule has 0 atom stereocenters. The van der Waals surface area contributed by atoms with Gasteiger partial charge in [-0.05, 0) is 211 Å². The molecule has 2 heterocycles. The molecule has 4 aromatic carbocycles. The van der Waals surface area contributed by atoms with Crippen molar-refractivity contribution in [3.63, 3.8) is 0 Å². The third-order valence-electron chi connectivity index (χ3n) is 14.3. The minimum atomic E-state index is -0.0438. The normalized spacial score (nSPS) is 22.0. The summed E-state index contributed by atoms with van der Waals surface area (Å²) in [4.78, 5) is 28.2. The van der Waals surface area contributed by atoms with Gasteiger partial charge in [-0.25, -0.2) is 0 Å². The first kappa shape index (κ1) is 52.3. The van der Waals surface area contributed by atoms with Crippen molar-refractivity contribution in [2.75, 3.05) is 59.2 Å². The lowest BCUT2D eigenvalue weighted by Crippen LogP contribution is -2.36. The van der Waals surface area contributed by atoms with E-state index in [1.165, 1.54) is 34.7 Å². The van der Waals surface area contributed by atoms with Crippen LogP contribution in [0.2, 0.25) is 0 Å². The monoisotopic (exact) mass is 923 g/mol. The van der Waals surface area contributed by atoms with Gasteiger partial charge in [0.2, 0.25) is 0 Å². The largest absolute Gasteiger partial charge is 0.508 e. The van der Waals surface area contributed by atoms with Crippen LogP contribution in [-0.4, -0.2) is 103 Å². The number of rotatable bonds is 17. The minimum Gasteiger partial charge on any atom is -0.508 e. The van der Waals surface area contributed by atoms with E-state index in [1.54, 1.807) is 19.1 Å². The molecule has 368 valence electrons. The van der Waals surface area contributed by atoms with Gasteiger partial charge < -0.3 is 29.2 Å². The number of ether oxygens (including phenoxy) is 4. The lowest BCUT2D eigenvalue weighted by Gasteiger charge is -2.30. The molecule has 2 aliphatic heterocycles. The number of ketones is 1. The molecule has 0 aromatic heterocycles. The molecule has 2 N–H and O–H groups in total. The molecule has 0 radical (unpaired) electrons. The Hall–Kier alpha value is -4.06. The lowest BCUT2D eigenvalue weighted by atomic mass is 9.88. The van der Waals surface area contributed by atoms with Crippen LogP contribution >= 0.6 is 0 Å². The van der Waals surface area contributed by atoms with Gasteiger partial charge in [-0.1, -0.05) is 50.2 Å². The molecule has 67 heavy (non-hydrogen) atoms. The number of hydrogen-bond acceptors (Lipinski definition) is 10. The number of likely N-dealkylation sites (tertiary alicyclic amines) is 2. The van der Waals surface area contributed by atoms with Crippen molar-refractivity contribution in [2.24, 2.45) is 23.7 Å². The maximum Gasteiger partial charge on any atom is 0.309 e. The summed E-state index contributed by atoms with van der Waals surface area (Å²) in [6.07, 6.45) is 15.1. The van der Waals surface area contributed by atoms with Crippen molar-refractivity contribution in [3.05, 3.63) is 83.9 Å². The van der Waals surface area contributed by atoms with Gasteiger partial charge in [0.25, 0.3) is 0 Å². The SMILES string of the molecule is CCCOCC1CCC(O)CC1.CCCOCC1CCC(Oc2ccc3cc(CN4CCC(C(C)=O)CC4)ccc3c2)CC1.CCOC(=O)C1CCN(Cc2ccc3cc(O)ccc3c2)CC1. The number of carbonyl (C=O) groups excluding carboxylic acids is 2. The highest BCUT2D eigenvalue weighted by molar-refractivity contribution is 5.85. The van der Waals surface area contributed by atoms with Crippen LogP contribution in [0.3, 0.4) is 0 Å². The fourth-order valence-electron chi connectivity index (χ4n) is 10.1. The van der Waals surface area contributed by atoms with Crippen LogP contribution in [0.5, 0.6) is 11.5 Å². The number of aliphatic hydroxyl groups excluding tert-OH is 1. The Balaban J connectivity index is 0.000000184. The fraction of sp³-hybridized carbons (Fsp3) is 0.614. The van der Waals surface area contributed by atoms with Gasteiger partial charge in [0.05, 0.1) is 24.7 Å².